The third-order valence-electron chi connectivity index (χ3n) is 2.14. The molecular weight excluding hydrogens is 258 g/mol. The Hall–Kier alpha value is -2.55. The number of nitrogens with zero attached hydrogens (tertiary/aromatic N) is 2. The van der Waals surface area contributed by atoms with E-state index in [1.807, 2.05) is 0 Å². The third kappa shape index (κ3) is 6.40. The molecule has 0 unspecified atom stereocenters. The van der Waals surface area contributed by atoms with Crippen molar-refractivity contribution in [3.05, 3.63) is 37.1 Å². The van der Waals surface area contributed by atoms with Gasteiger partial charge in [0.15, 0.2) is 0 Å². The summed E-state index contributed by atoms with van der Waals surface area (Å²) in [6.45, 7) is 9.58. The second kappa shape index (κ2) is 10.4. The molecule has 1 N–H and O–H groups in total. The first kappa shape index (κ1) is 17.4. The molecule has 0 saturated heterocycles. The van der Waals surface area contributed by atoms with Crippen LogP contribution in [0, 0.1) is 11.3 Å². The second-order valence-electron chi connectivity index (χ2n) is 3.64. The van der Waals surface area contributed by atoms with E-state index in [9.17, 15) is 9.59 Å². The molecule has 0 fully saturated rings. The molecule has 0 bridgehead atoms. The Morgan fingerprint density at radius 2 is 1.95 bits per heavy atom. The topological polar surface area (TPSA) is 82.4 Å². The molecule has 20 heavy (non-hydrogen) atoms. The zero-order chi connectivity index (χ0) is 15.4. The molecule has 0 rings (SSSR count). The van der Waals surface area contributed by atoms with E-state index in [1.54, 1.807) is 25.1 Å². The van der Waals surface area contributed by atoms with Gasteiger partial charge in [-0.2, -0.15) is 5.26 Å². The molecule has 108 valence electrons. The molecule has 0 radical (unpaired) electrons. The average Bonchev–Trinajstić information content (AvgIpc) is 2.43. The zero-order valence-corrected chi connectivity index (χ0v) is 11.6. The van der Waals surface area contributed by atoms with Crippen molar-refractivity contribution in [2.75, 3.05) is 26.2 Å². The summed E-state index contributed by atoms with van der Waals surface area (Å²) in [7, 11) is 0. The lowest BCUT2D eigenvalue weighted by atomic mass is 10.2. The van der Waals surface area contributed by atoms with Crippen LogP contribution in [0.4, 0.5) is 0 Å². The standard InChI is InChI=1S/C14H19N3O3/c1-4-7-17(8-5-2)14(19)12(9-15)10-16-11-13(18)20-6-3/h4-5,10,16H,1-2,6-8,11H2,3H3/b12-10-. The van der Waals surface area contributed by atoms with Gasteiger partial charge in [-0.3, -0.25) is 9.59 Å². The molecule has 0 aliphatic carbocycles. The van der Waals surface area contributed by atoms with Crippen molar-refractivity contribution in [1.29, 1.82) is 5.26 Å². The van der Waals surface area contributed by atoms with Crippen molar-refractivity contribution in [2.24, 2.45) is 0 Å². The Kier molecular flexibility index (Phi) is 9.06. The van der Waals surface area contributed by atoms with Gasteiger partial charge in [0.2, 0.25) is 0 Å². The maximum absolute atomic E-state index is 12.0. The van der Waals surface area contributed by atoms with Gasteiger partial charge in [-0.15, -0.1) is 13.2 Å². The van der Waals surface area contributed by atoms with E-state index in [0.29, 0.717) is 13.1 Å². The van der Waals surface area contributed by atoms with Crippen molar-refractivity contribution in [2.45, 2.75) is 6.92 Å². The van der Waals surface area contributed by atoms with Crippen LogP contribution in [0.3, 0.4) is 0 Å². The number of esters is 1. The van der Waals surface area contributed by atoms with E-state index in [4.69, 9.17) is 10.00 Å². The van der Waals surface area contributed by atoms with Crippen LogP contribution in [0.15, 0.2) is 37.1 Å². The van der Waals surface area contributed by atoms with Crippen molar-refractivity contribution in [3.8, 4) is 6.07 Å². The first-order valence-corrected chi connectivity index (χ1v) is 6.11. The highest BCUT2D eigenvalue weighted by molar-refractivity contribution is 5.97. The molecule has 0 aliphatic heterocycles. The van der Waals surface area contributed by atoms with E-state index in [2.05, 4.69) is 18.5 Å². The number of hydrogen-bond donors (Lipinski definition) is 1. The lowest BCUT2D eigenvalue weighted by molar-refractivity contribution is -0.141. The first-order chi connectivity index (χ1) is 9.60. The smallest absolute Gasteiger partial charge is 0.325 e. The van der Waals surface area contributed by atoms with Crippen molar-refractivity contribution in [1.82, 2.24) is 10.2 Å². The fraction of sp³-hybridized carbons (Fsp3) is 0.357. The molecule has 0 spiro atoms. The fourth-order valence-electron chi connectivity index (χ4n) is 1.31. The zero-order valence-electron chi connectivity index (χ0n) is 11.6. The number of ether oxygens (including phenoxy) is 1. The molecule has 0 heterocycles. The highest BCUT2D eigenvalue weighted by atomic mass is 16.5. The monoisotopic (exact) mass is 277 g/mol. The summed E-state index contributed by atoms with van der Waals surface area (Å²) in [5.74, 6) is -0.911. The van der Waals surface area contributed by atoms with Crippen molar-refractivity contribution >= 4 is 11.9 Å². The average molecular weight is 277 g/mol. The minimum atomic E-state index is -0.456. The Morgan fingerprint density at radius 3 is 2.40 bits per heavy atom. The van der Waals surface area contributed by atoms with E-state index in [-0.39, 0.29) is 18.7 Å². The van der Waals surface area contributed by atoms with Gasteiger partial charge < -0.3 is 15.0 Å². The van der Waals surface area contributed by atoms with E-state index >= 15 is 0 Å². The number of nitrogens with one attached hydrogen (secondary N) is 1. The summed E-state index contributed by atoms with van der Waals surface area (Å²) in [5, 5.41) is 11.6. The van der Waals surface area contributed by atoms with Crippen LogP contribution >= 0.6 is 0 Å². The molecular formula is C14H19N3O3. The van der Waals surface area contributed by atoms with Gasteiger partial charge in [0.1, 0.15) is 18.2 Å². The van der Waals surface area contributed by atoms with Gasteiger partial charge >= 0.3 is 5.97 Å². The molecule has 0 aromatic carbocycles. The number of hydrogen-bond acceptors (Lipinski definition) is 5. The van der Waals surface area contributed by atoms with Crippen LogP contribution in [0.1, 0.15) is 6.92 Å². The number of nitriles is 1. The van der Waals surface area contributed by atoms with Gasteiger partial charge in [0.05, 0.1) is 6.61 Å². The van der Waals surface area contributed by atoms with Gasteiger partial charge in [-0.1, -0.05) is 12.2 Å². The normalized spacial score (nSPS) is 10.1. The molecule has 6 nitrogen and oxygen atoms in total. The van der Waals surface area contributed by atoms with Crippen LogP contribution in [0.2, 0.25) is 0 Å². The predicted molar refractivity (Wildman–Crippen MR) is 75.3 cm³/mol. The molecule has 0 aromatic heterocycles. The van der Waals surface area contributed by atoms with E-state index in [0.717, 1.165) is 0 Å². The summed E-state index contributed by atoms with van der Waals surface area (Å²) in [6.07, 6.45) is 4.32. The van der Waals surface area contributed by atoms with Gasteiger partial charge in [0.25, 0.3) is 5.91 Å². The minimum absolute atomic E-state index is 0.0991. The Morgan fingerprint density at radius 1 is 1.35 bits per heavy atom. The summed E-state index contributed by atoms with van der Waals surface area (Å²) >= 11 is 0. The summed E-state index contributed by atoms with van der Waals surface area (Å²) < 4.78 is 4.71. The quantitative estimate of drug-likeness (QED) is 0.291. The predicted octanol–water partition coefficient (Wildman–Crippen LogP) is 0.747. The van der Waals surface area contributed by atoms with Crippen molar-refractivity contribution < 1.29 is 14.3 Å². The Labute approximate surface area is 119 Å². The molecule has 1 amide bonds. The molecule has 0 aromatic rings. The molecule has 0 atom stereocenters. The highest BCUT2D eigenvalue weighted by Crippen LogP contribution is 2.01. The van der Waals surface area contributed by atoms with Crippen LogP contribution in [-0.4, -0.2) is 43.0 Å². The van der Waals surface area contributed by atoms with E-state index in [1.165, 1.54) is 11.1 Å². The van der Waals surface area contributed by atoms with Gasteiger partial charge in [0, 0.05) is 19.3 Å². The third-order valence-corrected chi connectivity index (χ3v) is 2.14. The SMILES string of the molecule is C=CCN(CC=C)C(=O)/C(C#N)=C\NCC(=O)OCC. The second-order valence-corrected chi connectivity index (χ2v) is 3.64. The first-order valence-electron chi connectivity index (χ1n) is 6.11. The maximum atomic E-state index is 12.0. The van der Waals surface area contributed by atoms with Crippen LogP contribution in [-0.2, 0) is 14.3 Å². The summed E-state index contributed by atoms with van der Waals surface area (Å²) in [4.78, 5) is 24.5. The Balaban J connectivity index is 4.67. The molecule has 0 aliphatic rings. The number of amides is 1. The van der Waals surface area contributed by atoms with Gasteiger partial charge in [-0.05, 0) is 6.92 Å². The molecule has 0 saturated carbocycles. The number of carbonyl (C=O) groups excluding carboxylic acids is 2. The molecule has 6 heteroatoms. The van der Waals surface area contributed by atoms with Crippen molar-refractivity contribution in [3.63, 3.8) is 0 Å². The fourth-order valence-corrected chi connectivity index (χ4v) is 1.31. The van der Waals surface area contributed by atoms with Crippen LogP contribution in [0.25, 0.3) is 0 Å². The lowest BCUT2D eigenvalue weighted by Gasteiger charge is -2.18. The minimum Gasteiger partial charge on any atom is -0.465 e. The number of carbonyl (C=O) groups is 2. The van der Waals surface area contributed by atoms with E-state index < -0.39 is 11.9 Å². The maximum Gasteiger partial charge on any atom is 0.325 e. The van der Waals surface area contributed by atoms with Crippen LogP contribution in [0.5, 0.6) is 0 Å². The lowest BCUT2D eigenvalue weighted by Crippen LogP contribution is -2.33. The Bertz CT molecular complexity index is 425. The number of rotatable bonds is 9. The highest BCUT2D eigenvalue weighted by Gasteiger charge is 2.16. The largest absolute Gasteiger partial charge is 0.465 e. The summed E-state index contributed by atoms with van der Waals surface area (Å²) in [5.41, 5.74) is -0.0991. The van der Waals surface area contributed by atoms with Gasteiger partial charge in [-0.25, -0.2) is 0 Å². The van der Waals surface area contributed by atoms with Crippen LogP contribution < -0.4 is 5.32 Å². The summed E-state index contributed by atoms with van der Waals surface area (Å²) in [6, 6.07) is 1.79.